The minimum absolute atomic E-state index is 0.0563. The third-order valence-corrected chi connectivity index (χ3v) is 7.35. The van der Waals surface area contributed by atoms with E-state index in [4.69, 9.17) is 4.74 Å². The van der Waals surface area contributed by atoms with Crippen LogP contribution < -0.4 is 13.8 Å². The van der Waals surface area contributed by atoms with Gasteiger partial charge in [-0.3, -0.25) is 9.52 Å². The van der Waals surface area contributed by atoms with Gasteiger partial charge in [-0.2, -0.15) is 0 Å². The molecule has 0 aliphatic carbocycles. The van der Waals surface area contributed by atoms with E-state index in [1.165, 1.54) is 38.3 Å². The van der Waals surface area contributed by atoms with Gasteiger partial charge in [0.15, 0.2) is 0 Å². The number of hydrogen-bond acceptors (Lipinski definition) is 6. The Kier molecular flexibility index (Phi) is 4.87. The number of ether oxygens (including phenoxy) is 1. The van der Waals surface area contributed by atoms with Crippen LogP contribution in [0.2, 0.25) is 0 Å². The van der Waals surface area contributed by atoms with E-state index < -0.39 is 31.9 Å². The Bertz CT molecular complexity index is 1060. The number of benzene rings is 2. The fourth-order valence-electron chi connectivity index (χ4n) is 2.72. The molecule has 1 amide bonds. The van der Waals surface area contributed by atoms with Crippen LogP contribution in [-0.2, 0) is 24.8 Å². The molecule has 1 atom stereocenters. The number of carbonyl (C=O) groups excluding carboxylic acids is 1. The first-order chi connectivity index (χ1) is 12.6. The number of rotatable bonds is 5. The lowest BCUT2D eigenvalue weighted by Gasteiger charge is -2.16. The molecule has 1 heterocycles. The number of sulfonamides is 2. The number of carbonyl (C=O) groups is 1. The van der Waals surface area contributed by atoms with Gasteiger partial charge < -0.3 is 4.74 Å². The highest BCUT2D eigenvalue weighted by Gasteiger charge is 2.41. The number of methoxy groups -OCH3 is 1. The van der Waals surface area contributed by atoms with Crippen LogP contribution in [0.4, 0.5) is 11.4 Å². The van der Waals surface area contributed by atoms with Crippen molar-refractivity contribution in [2.45, 2.75) is 11.8 Å². The lowest BCUT2D eigenvalue weighted by molar-refractivity contribution is -0.119. The number of nitrogens with zero attached hydrogens (tertiary/aromatic N) is 1. The highest BCUT2D eigenvalue weighted by Crippen LogP contribution is 2.29. The largest absolute Gasteiger partial charge is 0.497 e. The molecule has 0 unspecified atom stereocenters. The van der Waals surface area contributed by atoms with Crippen molar-refractivity contribution in [1.82, 2.24) is 0 Å². The molecule has 144 valence electrons. The molecule has 1 aliphatic rings. The zero-order valence-corrected chi connectivity index (χ0v) is 16.2. The van der Waals surface area contributed by atoms with Crippen LogP contribution in [-0.4, -0.2) is 35.6 Å². The van der Waals surface area contributed by atoms with Crippen molar-refractivity contribution in [1.29, 1.82) is 0 Å². The molecule has 27 heavy (non-hydrogen) atoms. The van der Waals surface area contributed by atoms with E-state index >= 15 is 0 Å². The van der Waals surface area contributed by atoms with Crippen LogP contribution in [0.3, 0.4) is 0 Å². The zero-order valence-electron chi connectivity index (χ0n) is 14.6. The summed E-state index contributed by atoms with van der Waals surface area (Å²) in [6.07, 6.45) is 0. The van der Waals surface area contributed by atoms with Crippen molar-refractivity contribution in [3.05, 3.63) is 48.5 Å². The summed E-state index contributed by atoms with van der Waals surface area (Å²) >= 11 is 0. The molecule has 2 aromatic rings. The highest BCUT2D eigenvalue weighted by molar-refractivity contribution is 7.94. The van der Waals surface area contributed by atoms with Crippen LogP contribution in [0.25, 0.3) is 0 Å². The maximum atomic E-state index is 12.5. The molecule has 1 fully saturated rings. The predicted octanol–water partition coefficient (Wildman–Crippen LogP) is 1.81. The summed E-state index contributed by atoms with van der Waals surface area (Å²) in [6.45, 7) is 1.54. The summed E-state index contributed by atoms with van der Waals surface area (Å²) in [5.41, 5.74) is 0.471. The second-order valence-corrected chi connectivity index (χ2v) is 9.65. The minimum atomic E-state index is -3.87. The molecule has 1 saturated heterocycles. The van der Waals surface area contributed by atoms with Crippen molar-refractivity contribution in [3.63, 3.8) is 0 Å². The Balaban J connectivity index is 1.84. The van der Waals surface area contributed by atoms with Gasteiger partial charge in [0.25, 0.3) is 10.0 Å². The SMILES string of the molecule is COc1ccc(NS(=O)(=O)c2ccc(N3C(=O)[C@H](C)CS3(=O)=O)cc2)cc1. The molecule has 0 spiro atoms. The first-order valence-electron chi connectivity index (χ1n) is 7.98. The van der Waals surface area contributed by atoms with Crippen molar-refractivity contribution in [3.8, 4) is 5.75 Å². The fourth-order valence-corrected chi connectivity index (χ4v) is 5.60. The molecular weight excluding hydrogens is 392 g/mol. The average Bonchev–Trinajstić information content (AvgIpc) is 2.82. The number of hydrogen-bond donors (Lipinski definition) is 1. The molecule has 0 aromatic heterocycles. The van der Waals surface area contributed by atoms with Gasteiger partial charge in [0, 0.05) is 5.69 Å². The van der Waals surface area contributed by atoms with Gasteiger partial charge in [-0.15, -0.1) is 0 Å². The van der Waals surface area contributed by atoms with Crippen LogP contribution >= 0.6 is 0 Å². The van der Waals surface area contributed by atoms with E-state index in [9.17, 15) is 21.6 Å². The molecule has 1 aliphatic heterocycles. The lowest BCUT2D eigenvalue weighted by Crippen LogP contribution is -2.30. The van der Waals surface area contributed by atoms with Gasteiger partial charge in [-0.1, -0.05) is 6.92 Å². The quantitative estimate of drug-likeness (QED) is 0.805. The van der Waals surface area contributed by atoms with Gasteiger partial charge in [0.2, 0.25) is 15.9 Å². The Morgan fingerprint density at radius 1 is 1.07 bits per heavy atom. The van der Waals surface area contributed by atoms with Crippen LogP contribution in [0, 0.1) is 5.92 Å². The fraction of sp³-hybridized carbons (Fsp3) is 0.235. The van der Waals surface area contributed by atoms with Crippen molar-refractivity contribution >= 4 is 37.3 Å². The van der Waals surface area contributed by atoms with E-state index in [1.54, 1.807) is 24.3 Å². The second kappa shape index (κ2) is 6.86. The minimum Gasteiger partial charge on any atom is -0.497 e. The molecule has 2 aromatic carbocycles. The van der Waals surface area contributed by atoms with Crippen molar-refractivity contribution in [2.24, 2.45) is 5.92 Å². The predicted molar refractivity (Wildman–Crippen MR) is 101 cm³/mol. The average molecular weight is 410 g/mol. The summed E-state index contributed by atoms with van der Waals surface area (Å²) in [4.78, 5) is 12.0. The van der Waals surface area contributed by atoms with E-state index in [0.717, 1.165) is 4.31 Å². The summed E-state index contributed by atoms with van der Waals surface area (Å²) in [5.74, 6) is -0.824. The number of nitrogens with one attached hydrogen (secondary N) is 1. The summed E-state index contributed by atoms with van der Waals surface area (Å²) in [7, 11) is -6.10. The zero-order chi connectivity index (χ0) is 19.8. The maximum absolute atomic E-state index is 12.5. The molecule has 0 radical (unpaired) electrons. The van der Waals surface area contributed by atoms with Gasteiger partial charge in [-0.25, -0.2) is 21.1 Å². The van der Waals surface area contributed by atoms with Crippen LogP contribution in [0.1, 0.15) is 6.92 Å². The Morgan fingerprint density at radius 3 is 2.15 bits per heavy atom. The third kappa shape index (κ3) is 3.76. The van der Waals surface area contributed by atoms with E-state index in [2.05, 4.69) is 4.72 Å². The monoisotopic (exact) mass is 410 g/mol. The van der Waals surface area contributed by atoms with Crippen molar-refractivity contribution < 1.29 is 26.4 Å². The standard InChI is InChI=1S/C17H18N2O6S2/c1-12-11-26(21,22)19(17(12)20)14-5-9-16(10-6-14)27(23,24)18-13-3-7-15(25-2)8-4-13/h3-10,12,18H,11H2,1-2H3/t12-/m1/s1. The Hall–Kier alpha value is -2.59. The first-order valence-corrected chi connectivity index (χ1v) is 11.1. The summed E-state index contributed by atoms with van der Waals surface area (Å²) in [5, 5.41) is 0. The maximum Gasteiger partial charge on any atom is 0.261 e. The van der Waals surface area contributed by atoms with E-state index in [-0.39, 0.29) is 16.3 Å². The van der Waals surface area contributed by atoms with E-state index in [0.29, 0.717) is 11.4 Å². The van der Waals surface area contributed by atoms with Gasteiger partial charge in [-0.05, 0) is 48.5 Å². The van der Waals surface area contributed by atoms with Gasteiger partial charge in [0.05, 0.1) is 29.4 Å². The Morgan fingerprint density at radius 2 is 1.67 bits per heavy atom. The molecule has 0 saturated carbocycles. The molecule has 3 rings (SSSR count). The topological polar surface area (TPSA) is 110 Å². The van der Waals surface area contributed by atoms with E-state index in [1.807, 2.05) is 0 Å². The highest BCUT2D eigenvalue weighted by atomic mass is 32.2. The van der Waals surface area contributed by atoms with Gasteiger partial charge in [0.1, 0.15) is 5.75 Å². The molecule has 10 heteroatoms. The normalized spacial score (nSPS) is 19.1. The van der Waals surface area contributed by atoms with Crippen LogP contribution in [0.15, 0.2) is 53.4 Å². The smallest absolute Gasteiger partial charge is 0.261 e. The molecular formula is C17H18N2O6S2. The van der Waals surface area contributed by atoms with Crippen LogP contribution in [0.5, 0.6) is 5.75 Å². The molecule has 8 nitrogen and oxygen atoms in total. The lowest BCUT2D eigenvalue weighted by atomic mass is 10.2. The molecule has 0 bridgehead atoms. The Labute approximate surface area is 157 Å². The number of amides is 1. The van der Waals surface area contributed by atoms with Gasteiger partial charge >= 0.3 is 0 Å². The molecule has 1 N–H and O–H groups in total. The second-order valence-electron chi connectivity index (χ2n) is 6.11. The number of anilines is 2. The van der Waals surface area contributed by atoms with Crippen molar-refractivity contribution in [2.75, 3.05) is 21.9 Å². The third-order valence-electron chi connectivity index (χ3n) is 4.08. The summed E-state index contributed by atoms with van der Waals surface area (Å²) in [6, 6.07) is 11.5. The first kappa shape index (κ1) is 19.2. The summed E-state index contributed by atoms with van der Waals surface area (Å²) < 4.78 is 57.4.